The van der Waals surface area contributed by atoms with Crippen molar-refractivity contribution in [2.75, 3.05) is 7.11 Å². The Morgan fingerprint density at radius 1 is 0.783 bits per heavy atom. The highest BCUT2D eigenvalue weighted by Gasteiger charge is 2.42. The summed E-state index contributed by atoms with van der Waals surface area (Å²) >= 11 is 0. The number of fused-ring (bicyclic) bond motifs is 1. The molecule has 1 aliphatic heterocycles. The molecule has 46 heavy (non-hydrogen) atoms. The molecule has 1 aliphatic rings. The van der Waals surface area contributed by atoms with Crippen LogP contribution in [0.25, 0.3) is 0 Å². The molecule has 266 valence electrons. The fraction of sp³-hybridized carbons (Fsp3) is 0.805. The van der Waals surface area contributed by atoms with E-state index in [-0.39, 0.29) is 17.5 Å². The normalized spacial score (nSPS) is 17.7. The topological polar surface area (TPSA) is 61.8 Å². The molecule has 1 aromatic rings. The summed E-state index contributed by atoms with van der Waals surface area (Å²) < 4.78 is 17.9. The zero-order valence-corrected chi connectivity index (χ0v) is 32.8. The highest BCUT2D eigenvalue weighted by atomic mass is 16.5. The molecule has 0 bridgehead atoms. The van der Waals surface area contributed by atoms with Gasteiger partial charge in [-0.1, -0.05) is 86.5 Å². The van der Waals surface area contributed by atoms with Gasteiger partial charge >= 0.3 is 11.9 Å². The fourth-order valence-electron chi connectivity index (χ4n) is 7.17. The predicted molar refractivity (Wildman–Crippen MR) is 194 cm³/mol. The monoisotopic (exact) mass is 645 g/mol. The maximum absolute atomic E-state index is 13.4. The van der Waals surface area contributed by atoms with Crippen LogP contribution in [0.2, 0.25) is 0 Å². The number of methoxy groups -OCH3 is 1. The molecule has 0 spiro atoms. The van der Waals surface area contributed by atoms with E-state index in [0.29, 0.717) is 12.2 Å². The third-order valence-corrected chi connectivity index (χ3v) is 10.2. The summed E-state index contributed by atoms with van der Waals surface area (Å²) in [6.45, 7) is 29.2. The Balaban J connectivity index is 0.00000518. The van der Waals surface area contributed by atoms with Gasteiger partial charge in [0, 0.05) is 5.56 Å². The van der Waals surface area contributed by atoms with Crippen LogP contribution in [-0.4, -0.2) is 24.6 Å². The number of hydrogen-bond acceptors (Lipinski definition) is 5. The van der Waals surface area contributed by atoms with E-state index in [4.69, 9.17) is 14.2 Å². The number of esters is 2. The van der Waals surface area contributed by atoms with E-state index in [0.717, 1.165) is 65.0 Å². The second-order valence-electron chi connectivity index (χ2n) is 16.2. The highest BCUT2D eigenvalue weighted by molar-refractivity contribution is 5.82. The van der Waals surface area contributed by atoms with Crippen molar-refractivity contribution in [3.05, 3.63) is 22.3 Å². The average molecular weight is 645 g/mol. The van der Waals surface area contributed by atoms with Gasteiger partial charge < -0.3 is 14.2 Å². The average Bonchev–Trinajstić information content (AvgIpc) is 2.97. The van der Waals surface area contributed by atoms with Gasteiger partial charge in [0.25, 0.3) is 0 Å². The van der Waals surface area contributed by atoms with Crippen molar-refractivity contribution in [1.82, 2.24) is 0 Å². The molecule has 0 saturated heterocycles. The minimum Gasteiger partial charge on any atom is -0.487 e. The minimum atomic E-state index is -0.863. The second kappa shape index (κ2) is 18.5. The predicted octanol–water partition coefficient (Wildman–Crippen LogP) is 11.7. The lowest BCUT2D eigenvalue weighted by molar-refractivity contribution is -0.155. The van der Waals surface area contributed by atoms with Gasteiger partial charge in [0.05, 0.1) is 17.9 Å². The molecule has 1 aromatic carbocycles. The molecule has 0 aliphatic carbocycles. The Morgan fingerprint density at radius 2 is 1.28 bits per heavy atom. The van der Waals surface area contributed by atoms with Gasteiger partial charge in [-0.15, -0.1) is 0 Å². The van der Waals surface area contributed by atoms with Crippen molar-refractivity contribution in [2.45, 2.75) is 180 Å². The third-order valence-electron chi connectivity index (χ3n) is 10.2. The van der Waals surface area contributed by atoms with Crippen molar-refractivity contribution in [3.8, 4) is 11.5 Å². The van der Waals surface area contributed by atoms with E-state index in [9.17, 15) is 9.59 Å². The first-order valence-electron chi connectivity index (χ1n) is 18.5. The summed E-state index contributed by atoms with van der Waals surface area (Å²) in [5.74, 6) is 3.36. The lowest BCUT2D eigenvalue weighted by Gasteiger charge is -2.38. The van der Waals surface area contributed by atoms with E-state index >= 15 is 0 Å². The molecule has 2 rings (SSSR count). The smallest absolute Gasteiger partial charge is 0.316 e. The molecule has 5 heteroatoms. The Hall–Kier alpha value is -2.04. The quantitative estimate of drug-likeness (QED) is 0.125. The first kappa shape index (κ1) is 42.0. The maximum atomic E-state index is 13.4. The number of carbonyl (C=O) groups is 2. The van der Waals surface area contributed by atoms with Crippen molar-refractivity contribution in [3.63, 3.8) is 0 Å². The number of rotatable bonds is 17. The van der Waals surface area contributed by atoms with Gasteiger partial charge in [-0.05, 0) is 122 Å². The molecule has 0 aromatic heterocycles. The summed E-state index contributed by atoms with van der Waals surface area (Å²) in [7, 11) is 1.38. The maximum Gasteiger partial charge on any atom is 0.316 e. The van der Waals surface area contributed by atoms with Gasteiger partial charge in [-0.25, -0.2) is 0 Å². The Kier molecular flexibility index (Phi) is 16.9. The molecule has 0 saturated carbocycles. The van der Waals surface area contributed by atoms with E-state index in [1.54, 1.807) is 13.8 Å². The molecule has 0 N–H and O–H groups in total. The molecule has 3 atom stereocenters. The molecular formula is C41H72O5. The first-order valence-corrected chi connectivity index (χ1v) is 18.5. The van der Waals surface area contributed by atoms with Crippen LogP contribution in [0, 0.1) is 49.4 Å². The number of hydrogen-bond donors (Lipinski definition) is 0. The van der Waals surface area contributed by atoms with Gasteiger partial charge in [-0.3, -0.25) is 9.59 Å². The Bertz CT molecular complexity index is 1110. The van der Waals surface area contributed by atoms with Crippen LogP contribution in [-0.2, 0) is 20.7 Å². The van der Waals surface area contributed by atoms with Crippen molar-refractivity contribution < 1.29 is 23.8 Å². The van der Waals surface area contributed by atoms with Gasteiger partial charge in [0.2, 0.25) is 0 Å². The standard InChI is InChI=1S/C39H66O5.C2H6/c1-26(2)17-14-18-27(3)19-15-20-28(4)21-16-23-39(12)24-22-32-31(7)33(29(5)30(6)34(32)44-39)43-36(41)38(10,11)25-37(8,9)35(40)42-13;1-2/h26-28H,14-25H2,1-13H3;1-2H3/t27-,28?,39+;/m1./s1. The Labute approximate surface area is 284 Å². The lowest BCUT2D eigenvalue weighted by Crippen LogP contribution is -2.38. The second-order valence-corrected chi connectivity index (χ2v) is 16.2. The largest absolute Gasteiger partial charge is 0.487 e. The summed E-state index contributed by atoms with van der Waals surface area (Å²) in [5, 5.41) is 0. The van der Waals surface area contributed by atoms with Crippen LogP contribution in [0.5, 0.6) is 11.5 Å². The van der Waals surface area contributed by atoms with Crippen LogP contribution in [0.15, 0.2) is 0 Å². The summed E-state index contributed by atoms with van der Waals surface area (Å²) in [6, 6.07) is 0. The van der Waals surface area contributed by atoms with Crippen molar-refractivity contribution in [1.29, 1.82) is 0 Å². The third kappa shape index (κ3) is 12.2. The van der Waals surface area contributed by atoms with Crippen LogP contribution in [0.4, 0.5) is 0 Å². The molecular weight excluding hydrogens is 572 g/mol. The SMILES string of the molecule is CC.COC(=O)C(C)(C)CC(C)(C)C(=O)Oc1c(C)c(C)c2c(c1C)CC[C@](C)(CCCC(C)CCC[C@H](C)CCCC(C)C)O2. The van der Waals surface area contributed by atoms with Crippen LogP contribution < -0.4 is 9.47 Å². The van der Waals surface area contributed by atoms with Gasteiger partial charge in [-0.2, -0.15) is 0 Å². The molecule has 5 nitrogen and oxygen atoms in total. The summed E-state index contributed by atoms with van der Waals surface area (Å²) in [6.07, 6.45) is 13.8. The van der Waals surface area contributed by atoms with Gasteiger partial charge in [0.15, 0.2) is 0 Å². The van der Waals surface area contributed by atoms with E-state index in [2.05, 4.69) is 41.5 Å². The molecule has 0 fully saturated rings. The van der Waals surface area contributed by atoms with E-state index in [1.807, 2.05) is 41.5 Å². The van der Waals surface area contributed by atoms with E-state index in [1.165, 1.54) is 58.5 Å². The lowest BCUT2D eigenvalue weighted by atomic mass is 9.75. The van der Waals surface area contributed by atoms with Crippen LogP contribution >= 0.6 is 0 Å². The number of ether oxygens (including phenoxy) is 3. The minimum absolute atomic E-state index is 0.180. The van der Waals surface area contributed by atoms with Crippen molar-refractivity contribution >= 4 is 11.9 Å². The highest BCUT2D eigenvalue weighted by Crippen LogP contribution is 2.46. The Morgan fingerprint density at radius 3 is 1.80 bits per heavy atom. The fourth-order valence-corrected chi connectivity index (χ4v) is 7.17. The molecule has 0 radical (unpaired) electrons. The molecule has 1 unspecified atom stereocenters. The summed E-state index contributed by atoms with van der Waals surface area (Å²) in [4.78, 5) is 25.7. The van der Waals surface area contributed by atoms with Crippen LogP contribution in [0.1, 0.15) is 169 Å². The van der Waals surface area contributed by atoms with Gasteiger partial charge in [0.1, 0.15) is 17.1 Å². The zero-order chi connectivity index (χ0) is 35.5. The first-order chi connectivity index (χ1) is 21.3. The van der Waals surface area contributed by atoms with E-state index < -0.39 is 10.8 Å². The van der Waals surface area contributed by atoms with Crippen molar-refractivity contribution in [2.24, 2.45) is 28.6 Å². The zero-order valence-electron chi connectivity index (χ0n) is 32.8. The van der Waals surface area contributed by atoms with Crippen LogP contribution in [0.3, 0.4) is 0 Å². The molecule has 1 heterocycles. The number of benzene rings is 1. The number of carbonyl (C=O) groups excluding carboxylic acids is 2. The molecule has 0 amide bonds. The summed E-state index contributed by atoms with van der Waals surface area (Å²) in [5.41, 5.74) is 2.27.